The Kier molecular flexibility index (Phi) is 5.57. The van der Waals surface area contributed by atoms with Crippen molar-refractivity contribution in [3.63, 3.8) is 0 Å². The molecule has 124 valence electrons. The number of benzene rings is 1. The Bertz CT molecular complexity index is 833. The third-order valence-corrected chi connectivity index (χ3v) is 3.83. The van der Waals surface area contributed by atoms with Crippen molar-refractivity contribution < 1.29 is 26.7 Å². The van der Waals surface area contributed by atoms with E-state index in [4.69, 9.17) is 13.7 Å². The van der Waals surface area contributed by atoms with Gasteiger partial charge in [-0.3, -0.25) is 4.55 Å². The normalized spacial score (nSPS) is 13.1. The number of oxazole rings is 1. The summed E-state index contributed by atoms with van der Waals surface area (Å²) in [6.45, 7) is 4.47. The first-order valence-corrected chi connectivity index (χ1v) is 8.84. The van der Waals surface area contributed by atoms with E-state index in [0.717, 1.165) is 11.1 Å². The first-order chi connectivity index (χ1) is 10.9. The number of para-hydroxylation sites is 2. The molecule has 23 heavy (non-hydrogen) atoms. The summed E-state index contributed by atoms with van der Waals surface area (Å²) in [6.07, 6.45) is 5.20. The number of aryl methyl sites for hydroxylation is 1. The maximum Gasteiger partial charge on any atom is 0.374 e. The summed E-state index contributed by atoms with van der Waals surface area (Å²) >= 11 is 0. The zero-order valence-corrected chi connectivity index (χ0v) is 13.9. The molecule has 0 saturated carbocycles. The summed E-state index contributed by atoms with van der Waals surface area (Å²) in [4.78, 5) is 0. The summed E-state index contributed by atoms with van der Waals surface area (Å²) in [5, 5.41) is 0. The standard InChI is InChI=1S/C16H19NO5S/c1-3-21-12-13(2)8-9-16-17(10-11-23(18,19)20)14-6-4-5-7-15(14)22-16/h4-9,12H,3,10-11H2,1-2H3/p+1/b9-8+,13-12+. The fourth-order valence-electron chi connectivity index (χ4n) is 2.07. The maximum absolute atomic E-state index is 11.0. The van der Waals surface area contributed by atoms with Crippen molar-refractivity contribution in [3.05, 3.63) is 48.1 Å². The zero-order valence-electron chi connectivity index (χ0n) is 13.1. The Labute approximate surface area is 135 Å². The van der Waals surface area contributed by atoms with Crippen LogP contribution in [0.1, 0.15) is 19.7 Å². The van der Waals surface area contributed by atoms with Gasteiger partial charge in [-0.15, -0.1) is 0 Å². The molecule has 0 aliphatic heterocycles. The van der Waals surface area contributed by atoms with Crippen LogP contribution in [0.5, 0.6) is 0 Å². The highest BCUT2D eigenvalue weighted by Gasteiger charge is 2.22. The molecule has 0 unspecified atom stereocenters. The lowest BCUT2D eigenvalue weighted by atomic mass is 10.3. The van der Waals surface area contributed by atoms with Crippen LogP contribution in [0, 0.1) is 0 Å². The summed E-state index contributed by atoms with van der Waals surface area (Å²) < 4.78 is 43.7. The number of aromatic nitrogens is 1. The molecule has 1 N–H and O–H groups in total. The molecular formula is C16H20NO5S+. The first-order valence-electron chi connectivity index (χ1n) is 7.23. The number of allylic oxidation sites excluding steroid dienone is 2. The lowest BCUT2D eigenvalue weighted by Crippen LogP contribution is -2.38. The molecule has 0 bridgehead atoms. The van der Waals surface area contributed by atoms with E-state index in [1.54, 1.807) is 23.0 Å². The molecule has 0 radical (unpaired) electrons. The van der Waals surface area contributed by atoms with Gasteiger partial charge in [0.15, 0.2) is 6.54 Å². The monoisotopic (exact) mass is 338 g/mol. The van der Waals surface area contributed by atoms with Crippen molar-refractivity contribution in [2.75, 3.05) is 12.4 Å². The van der Waals surface area contributed by atoms with Gasteiger partial charge in [0, 0.05) is 6.07 Å². The Morgan fingerprint density at radius 1 is 1.39 bits per heavy atom. The molecular weight excluding hydrogens is 318 g/mol. The van der Waals surface area contributed by atoms with Crippen molar-refractivity contribution >= 4 is 27.3 Å². The summed E-state index contributed by atoms with van der Waals surface area (Å²) in [7, 11) is -4.05. The van der Waals surface area contributed by atoms with Gasteiger partial charge in [-0.1, -0.05) is 12.1 Å². The highest BCUT2D eigenvalue weighted by molar-refractivity contribution is 7.85. The molecule has 2 aromatic rings. The Balaban J connectivity index is 2.36. The number of hydrogen-bond acceptors (Lipinski definition) is 4. The summed E-state index contributed by atoms with van der Waals surface area (Å²) in [5.74, 6) is 0.120. The minimum Gasteiger partial charge on any atom is -0.501 e. The minimum absolute atomic E-state index is 0.101. The van der Waals surface area contributed by atoms with Crippen LogP contribution in [0.2, 0.25) is 0 Å². The lowest BCUT2D eigenvalue weighted by molar-refractivity contribution is -0.673. The molecule has 0 aliphatic rings. The van der Waals surface area contributed by atoms with Crippen molar-refractivity contribution in [2.24, 2.45) is 0 Å². The second-order valence-electron chi connectivity index (χ2n) is 5.00. The van der Waals surface area contributed by atoms with Gasteiger partial charge in [0.05, 0.1) is 18.9 Å². The molecule has 6 nitrogen and oxygen atoms in total. The average molecular weight is 338 g/mol. The number of ether oxygens (including phenoxy) is 1. The largest absolute Gasteiger partial charge is 0.501 e. The second-order valence-corrected chi connectivity index (χ2v) is 6.57. The van der Waals surface area contributed by atoms with Gasteiger partial charge in [-0.2, -0.15) is 13.0 Å². The molecule has 1 aromatic heterocycles. The summed E-state index contributed by atoms with van der Waals surface area (Å²) in [5.41, 5.74) is 2.31. The topological polar surface area (TPSA) is 80.6 Å². The van der Waals surface area contributed by atoms with Gasteiger partial charge in [-0.05, 0) is 31.6 Å². The van der Waals surface area contributed by atoms with Crippen molar-refractivity contribution in [1.82, 2.24) is 0 Å². The molecule has 0 amide bonds. The van der Waals surface area contributed by atoms with Gasteiger partial charge in [0.1, 0.15) is 5.75 Å². The van der Waals surface area contributed by atoms with Crippen LogP contribution in [0.15, 0.2) is 46.6 Å². The van der Waals surface area contributed by atoms with Crippen LogP contribution < -0.4 is 4.57 Å². The highest BCUT2D eigenvalue weighted by Crippen LogP contribution is 2.15. The van der Waals surface area contributed by atoms with E-state index in [1.165, 1.54) is 0 Å². The van der Waals surface area contributed by atoms with Gasteiger partial charge >= 0.3 is 5.89 Å². The van der Waals surface area contributed by atoms with E-state index in [0.29, 0.717) is 18.1 Å². The first kappa shape index (κ1) is 17.2. The van der Waals surface area contributed by atoms with Crippen molar-refractivity contribution in [3.8, 4) is 0 Å². The van der Waals surface area contributed by atoms with Crippen LogP contribution in [0.3, 0.4) is 0 Å². The van der Waals surface area contributed by atoms with E-state index in [1.807, 2.05) is 38.1 Å². The maximum atomic E-state index is 11.0. The van der Waals surface area contributed by atoms with Crippen LogP contribution in [0.4, 0.5) is 0 Å². The highest BCUT2D eigenvalue weighted by atomic mass is 32.2. The quantitative estimate of drug-likeness (QED) is 0.363. The molecule has 0 atom stereocenters. The third kappa shape index (κ3) is 4.94. The molecule has 0 aliphatic carbocycles. The average Bonchev–Trinajstić information content (AvgIpc) is 2.85. The van der Waals surface area contributed by atoms with Gasteiger partial charge in [-0.25, -0.2) is 0 Å². The van der Waals surface area contributed by atoms with E-state index < -0.39 is 10.1 Å². The number of hydrogen-bond donors (Lipinski definition) is 1. The molecule has 0 fully saturated rings. The molecule has 7 heteroatoms. The third-order valence-electron chi connectivity index (χ3n) is 3.13. The number of rotatable bonds is 7. The van der Waals surface area contributed by atoms with Crippen molar-refractivity contribution in [1.29, 1.82) is 0 Å². The number of nitrogens with zero attached hydrogens (tertiary/aromatic N) is 1. The summed E-state index contributed by atoms with van der Waals surface area (Å²) in [6, 6.07) is 7.32. The Morgan fingerprint density at radius 2 is 2.13 bits per heavy atom. The van der Waals surface area contributed by atoms with Crippen LogP contribution in [-0.4, -0.2) is 25.3 Å². The predicted octanol–water partition coefficient (Wildman–Crippen LogP) is 2.56. The fourth-order valence-corrected chi connectivity index (χ4v) is 2.48. The number of fused-ring (bicyclic) bond motifs is 1. The molecule has 2 rings (SSSR count). The Morgan fingerprint density at radius 3 is 2.83 bits per heavy atom. The molecule has 0 spiro atoms. The van der Waals surface area contributed by atoms with E-state index >= 15 is 0 Å². The Hall–Kier alpha value is -2.12. The lowest BCUT2D eigenvalue weighted by Gasteiger charge is -1.95. The minimum atomic E-state index is -4.05. The van der Waals surface area contributed by atoms with Crippen molar-refractivity contribution in [2.45, 2.75) is 20.4 Å². The predicted molar refractivity (Wildman–Crippen MR) is 87.2 cm³/mol. The van der Waals surface area contributed by atoms with Crippen LogP contribution >= 0.6 is 0 Å². The van der Waals surface area contributed by atoms with Gasteiger partial charge < -0.3 is 9.15 Å². The van der Waals surface area contributed by atoms with E-state index in [-0.39, 0.29) is 12.3 Å². The smallest absolute Gasteiger partial charge is 0.374 e. The fraction of sp³-hybridized carbons (Fsp3) is 0.312. The zero-order chi connectivity index (χ0) is 16.9. The van der Waals surface area contributed by atoms with E-state index in [2.05, 4.69) is 0 Å². The van der Waals surface area contributed by atoms with Gasteiger partial charge in [0.25, 0.3) is 15.6 Å². The van der Waals surface area contributed by atoms with Gasteiger partial charge in [0.2, 0.25) is 5.58 Å². The SMILES string of the molecule is CCO/C=C(C)/C=C/c1oc2ccccc2[n+]1CCS(=O)(=O)O. The van der Waals surface area contributed by atoms with Crippen LogP contribution in [0.25, 0.3) is 17.2 Å². The molecule has 0 saturated heterocycles. The molecule has 1 heterocycles. The van der Waals surface area contributed by atoms with E-state index in [9.17, 15) is 8.42 Å². The molecule has 1 aromatic carbocycles. The second kappa shape index (κ2) is 7.43. The van der Waals surface area contributed by atoms with Crippen LogP contribution in [-0.2, 0) is 21.4 Å².